The van der Waals surface area contributed by atoms with Crippen LogP contribution < -0.4 is 5.32 Å². The number of carbonyl (C=O) groups is 2. The first kappa shape index (κ1) is 16.5. The number of amides is 1. The number of hydrogen-bond acceptors (Lipinski definition) is 3. The van der Waals surface area contributed by atoms with Gasteiger partial charge in [0.1, 0.15) is 5.60 Å². The molecule has 5 nitrogen and oxygen atoms in total. The monoisotopic (exact) mass is 305 g/mol. The molecule has 0 aromatic heterocycles. The number of nitrogens with one attached hydrogen (secondary N) is 1. The maximum absolute atomic E-state index is 12.6. The van der Waals surface area contributed by atoms with Crippen molar-refractivity contribution in [2.45, 2.75) is 50.5 Å². The van der Waals surface area contributed by atoms with Gasteiger partial charge in [-0.05, 0) is 37.5 Å². The number of methoxy groups -OCH3 is 1. The molecule has 1 aliphatic carbocycles. The van der Waals surface area contributed by atoms with E-state index in [0.29, 0.717) is 11.3 Å². The molecule has 0 aliphatic heterocycles. The van der Waals surface area contributed by atoms with Crippen molar-refractivity contribution in [1.29, 1.82) is 0 Å². The van der Waals surface area contributed by atoms with Crippen molar-refractivity contribution >= 4 is 17.6 Å². The van der Waals surface area contributed by atoms with Crippen LogP contribution in [-0.4, -0.2) is 29.7 Å². The Morgan fingerprint density at radius 3 is 2.55 bits per heavy atom. The minimum atomic E-state index is -0.885. The van der Waals surface area contributed by atoms with Gasteiger partial charge in [-0.3, -0.25) is 9.59 Å². The standard InChI is InChI=1S/C17H23NO4/c1-12(15(19)20)13-7-6-8-14(11-13)18-16(21)17(22-2)9-4-3-5-10-17/h6-8,11-12H,3-5,9-10H2,1-2H3,(H,18,21)(H,19,20). The van der Waals surface area contributed by atoms with E-state index in [9.17, 15) is 9.59 Å². The van der Waals surface area contributed by atoms with Crippen molar-refractivity contribution in [3.05, 3.63) is 29.8 Å². The van der Waals surface area contributed by atoms with Gasteiger partial charge in [0.05, 0.1) is 5.92 Å². The van der Waals surface area contributed by atoms with Gasteiger partial charge in [-0.25, -0.2) is 0 Å². The zero-order valence-corrected chi connectivity index (χ0v) is 13.1. The largest absolute Gasteiger partial charge is 0.481 e. The molecule has 1 aromatic carbocycles. The van der Waals surface area contributed by atoms with Crippen LogP contribution in [0, 0.1) is 0 Å². The van der Waals surface area contributed by atoms with E-state index in [2.05, 4.69) is 5.32 Å². The summed E-state index contributed by atoms with van der Waals surface area (Å²) in [4.78, 5) is 23.7. The van der Waals surface area contributed by atoms with Crippen LogP contribution in [0.5, 0.6) is 0 Å². The van der Waals surface area contributed by atoms with Crippen molar-refractivity contribution in [2.75, 3.05) is 12.4 Å². The first-order chi connectivity index (χ1) is 10.5. The van der Waals surface area contributed by atoms with Crippen molar-refractivity contribution in [2.24, 2.45) is 0 Å². The molecule has 1 aromatic rings. The molecule has 120 valence electrons. The number of ether oxygens (including phenoxy) is 1. The minimum Gasteiger partial charge on any atom is -0.481 e. The molecule has 1 amide bonds. The van der Waals surface area contributed by atoms with Gasteiger partial charge in [-0.2, -0.15) is 0 Å². The summed E-state index contributed by atoms with van der Waals surface area (Å²) in [5.74, 6) is -1.64. The average molecular weight is 305 g/mol. The molecular formula is C17H23NO4. The number of benzene rings is 1. The summed E-state index contributed by atoms with van der Waals surface area (Å²) in [5.41, 5.74) is 0.519. The van der Waals surface area contributed by atoms with E-state index < -0.39 is 17.5 Å². The molecule has 1 aliphatic rings. The molecular weight excluding hydrogens is 282 g/mol. The van der Waals surface area contributed by atoms with Crippen LogP contribution in [-0.2, 0) is 14.3 Å². The van der Waals surface area contributed by atoms with Gasteiger partial charge in [0.15, 0.2) is 0 Å². The number of carbonyl (C=O) groups excluding carboxylic acids is 1. The third kappa shape index (κ3) is 3.47. The molecule has 1 saturated carbocycles. The van der Waals surface area contributed by atoms with E-state index in [1.54, 1.807) is 38.3 Å². The Bertz CT molecular complexity index is 549. The summed E-state index contributed by atoms with van der Waals surface area (Å²) >= 11 is 0. The van der Waals surface area contributed by atoms with Gasteiger partial charge in [0.25, 0.3) is 5.91 Å². The molecule has 0 spiro atoms. The summed E-state index contributed by atoms with van der Waals surface area (Å²) in [6.07, 6.45) is 4.54. The topological polar surface area (TPSA) is 75.6 Å². The molecule has 5 heteroatoms. The summed E-state index contributed by atoms with van der Waals surface area (Å²) in [6, 6.07) is 6.98. The predicted octanol–water partition coefficient (Wildman–Crippen LogP) is 3.16. The van der Waals surface area contributed by atoms with Crippen LogP contribution in [0.15, 0.2) is 24.3 Å². The number of anilines is 1. The molecule has 1 unspecified atom stereocenters. The second-order valence-electron chi connectivity index (χ2n) is 5.90. The third-order valence-corrected chi connectivity index (χ3v) is 4.48. The zero-order chi connectivity index (χ0) is 16.2. The summed E-state index contributed by atoms with van der Waals surface area (Å²) in [6.45, 7) is 1.63. The summed E-state index contributed by atoms with van der Waals surface area (Å²) in [5, 5.41) is 12.0. The first-order valence-electron chi connectivity index (χ1n) is 7.68. The highest BCUT2D eigenvalue weighted by Crippen LogP contribution is 2.32. The molecule has 1 fully saturated rings. The van der Waals surface area contributed by atoms with E-state index >= 15 is 0 Å². The number of carboxylic acids is 1. The molecule has 0 heterocycles. The highest BCUT2D eigenvalue weighted by molar-refractivity contribution is 5.97. The number of hydrogen-bond donors (Lipinski definition) is 2. The van der Waals surface area contributed by atoms with Crippen molar-refractivity contribution in [3.8, 4) is 0 Å². The molecule has 22 heavy (non-hydrogen) atoms. The number of rotatable bonds is 5. The van der Waals surface area contributed by atoms with Crippen LogP contribution in [0.1, 0.15) is 50.5 Å². The Labute approximate surface area is 130 Å². The van der Waals surface area contributed by atoms with E-state index in [1.807, 2.05) is 0 Å². The second kappa shape index (κ2) is 6.92. The quantitative estimate of drug-likeness (QED) is 0.876. The Morgan fingerprint density at radius 2 is 1.95 bits per heavy atom. The predicted molar refractivity (Wildman–Crippen MR) is 83.9 cm³/mol. The van der Waals surface area contributed by atoms with Crippen LogP contribution in [0.2, 0.25) is 0 Å². The lowest BCUT2D eigenvalue weighted by Crippen LogP contribution is -2.46. The maximum atomic E-state index is 12.6. The minimum absolute atomic E-state index is 0.144. The fourth-order valence-electron chi connectivity index (χ4n) is 2.92. The van der Waals surface area contributed by atoms with E-state index in [-0.39, 0.29) is 5.91 Å². The van der Waals surface area contributed by atoms with Gasteiger partial charge in [0, 0.05) is 12.8 Å². The third-order valence-electron chi connectivity index (χ3n) is 4.48. The van der Waals surface area contributed by atoms with Crippen LogP contribution in [0.3, 0.4) is 0 Å². The Hall–Kier alpha value is -1.88. The van der Waals surface area contributed by atoms with Gasteiger partial charge in [-0.1, -0.05) is 31.4 Å². The lowest BCUT2D eigenvalue weighted by atomic mass is 9.84. The number of carboxylic acid groups (broad SMARTS) is 1. The molecule has 1 atom stereocenters. The van der Waals surface area contributed by atoms with Crippen molar-refractivity contribution in [3.63, 3.8) is 0 Å². The highest BCUT2D eigenvalue weighted by Gasteiger charge is 2.39. The summed E-state index contributed by atoms with van der Waals surface area (Å²) < 4.78 is 5.52. The molecule has 0 radical (unpaired) electrons. The Morgan fingerprint density at radius 1 is 1.27 bits per heavy atom. The van der Waals surface area contributed by atoms with Crippen LogP contribution in [0.4, 0.5) is 5.69 Å². The van der Waals surface area contributed by atoms with Gasteiger partial charge >= 0.3 is 5.97 Å². The fraction of sp³-hybridized carbons (Fsp3) is 0.529. The fourth-order valence-corrected chi connectivity index (χ4v) is 2.92. The Kier molecular flexibility index (Phi) is 5.19. The maximum Gasteiger partial charge on any atom is 0.310 e. The van der Waals surface area contributed by atoms with Crippen molar-refractivity contribution < 1.29 is 19.4 Å². The van der Waals surface area contributed by atoms with E-state index in [0.717, 1.165) is 32.1 Å². The number of aliphatic carboxylic acids is 1. The lowest BCUT2D eigenvalue weighted by molar-refractivity contribution is -0.141. The van der Waals surface area contributed by atoms with E-state index in [1.165, 1.54) is 0 Å². The molecule has 2 N–H and O–H groups in total. The SMILES string of the molecule is COC1(C(=O)Nc2cccc(C(C)C(=O)O)c2)CCCCC1. The smallest absolute Gasteiger partial charge is 0.310 e. The normalized spacial score (nSPS) is 18.5. The average Bonchev–Trinajstić information content (AvgIpc) is 2.54. The summed E-state index contributed by atoms with van der Waals surface area (Å²) in [7, 11) is 1.58. The van der Waals surface area contributed by atoms with Gasteiger partial charge < -0.3 is 15.2 Å². The van der Waals surface area contributed by atoms with E-state index in [4.69, 9.17) is 9.84 Å². The Balaban J connectivity index is 2.14. The molecule has 0 bridgehead atoms. The van der Waals surface area contributed by atoms with Crippen molar-refractivity contribution in [1.82, 2.24) is 0 Å². The van der Waals surface area contributed by atoms with Crippen LogP contribution >= 0.6 is 0 Å². The zero-order valence-electron chi connectivity index (χ0n) is 13.1. The molecule has 2 rings (SSSR count). The van der Waals surface area contributed by atoms with Crippen LogP contribution in [0.25, 0.3) is 0 Å². The van der Waals surface area contributed by atoms with Gasteiger partial charge in [-0.15, -0.1) is 0 Å². The first-order valence-corrected chi connectivity index (χ1v) is 7.68. The second-order valence-corrected chi connectivity index (χ2v) is 5.90. The highest BCUT2D eigenvalue weighted by atomic mass is 16.5. The lowest BCUT2D eigenvalue weighted by Gasteiger charge is -2.34. The van der Waals surface area contributed by atoms with Gasteiger partial charge in [0.2, 0.25) is 0 Å². The molecule has 0 saturated heterocycles.